The number of halogens is 1. The van der Waals surface area contributed by atoms with Crippen molar-refractivity contribution in [3.8, 4) is 0 Å². The van der Waals surface area contributed by atoms with Crippen LogP contribution in [0.25, 0.3) is 0 Å². The molecule has 9 nitrogen and oxygen atoms in total. The van der Waals surface area contributed by atoms with Crippen LogP contribution in [0.3, 0.4) is 0 Å². The molecule has 0 saturated carbocycles. The van der Waals surface area contributed by atoms with Gasteiger partial charge in [-0.2, -0.15) is 4.31 Å². The number of hydrogen-bond acceptors (Lipinski definition) is 6. The summed E-state index contributed by atoms with van der Waals surface area (Å²) in [7, 11) is -3.29. The van der Waals surface area contributed by atoms with Gasteiger partial charge in [-0.25, -0.2) is 8.42 Å². The van der Waals surface area contributed by atoms with Crippen LogP contribution in [0.4, 0.5) is 11.4 Å². The van der Waals surface area contributed by atoms with Crippen molar-refractivity contribution in [1.29, 1.82) is 0 Å². The summed E-state index contributed by atoms with van der Waals surface area (Å²) in [5.74, 6) is -0.333. The first-order valence-electron chi connectivity index (χ1n) is 9.74. The molecule has 2 aromatic rings. The van der Waals surface area contributed by atoms with E-state index < -0.39 is 21.0 Å². The van der Waals surface area contributed by atoms with Gasteiger partial charge < -0.3 is 5.32 Å². The van der Waals surface area contributed by atoms with Crippen LogP contribution in [0.2, 0.25) is 5.02 Å². The largest absolute Gasteiger partial charge is 0.324 e. The second-order valence-corrected chi connectivity index (χ2v) is 9.73. The van der Waals surface area contributed by atoms with Crippen molar-refractivity contribution in [2.75, 3.05) is 37.2 Å². The number of nitrogens with zero attached hydrogens (tertiary/aromatic N) is 3. The molecule has 0 bridgehead atoms. The third-order valence-electron chi connectivity index (χ3n) is 5.17. The molecule has 1 aliphatic rings. The number of anilines is 1. The Morgan fingerprint density at radius 1 is 1.16 bits per heavy atom. The molecule has 0 aliphatic carbocycles. The Hall–Kier alpha value is -2.53. The van der Waals surface area contributed by atoms with Gasteiger partial charge in [-0.05, 0) is 24.6 Å². The van der Waals surface area contributed by atoms with Gasteiger partial charge >= 0.3 is 0 Å². The van der Waals surface area contributed by atoms with Crippen LogP contribution < -0.4 is 5.32 Å². The van der Waals surface area contributed by atoms with Crippen LogP contribution in [-0.4, -0.2) is 60.4 Å². The summed E-state index contributed by atoms with van der Waals surface area (Å²) in [5.41, 5.74) is 0.707. The first-order chi connectivity index (χ1) is 14.7. The van der Waals surface area contributed by atoms with Crippen molar-refractivity contribution >= 4 is 38.9 Å². The van der Waals surface area contributed by atoms with Crippen LogP contribution in [0.1, 0.15) is 18.5 Å². The van der Waals surface area contributed by atoms with Gasteiger partial charge in [-0.15, -0.1) is 0 Å². The van der Waals surface area contributed by atoms with Crippen molar-refractivity contribution in [2.45, 2.75) is 13.0 Å². The van der Waals surface area contributed by atoms with Crippen LogP contribution in [-0.2, 0) is 14.8 Å². The average molecular weight is 467 g/mol. The summed E-state index contributed by atoms with van der Waals surface area (Å²) in [5, 5.41) is 13.9. The number of piperazine rings is 1. The van der Waals surface area contributed by atoms with E-state index in [4.69, 9.17) is 11.6 Å². The average Bonchev–Trinajstić information content (AvgIpc) is 2.76. The number of nitro benzene ring substituents is 1. The van der Waals surface area contributed by atoms with Crippen molar-refractivity contribution in [3.63, 3.8) is 0 Å². The Labute approximate surface area is 185 Å². The molecule has 11 heteroatoms. The first-order valence-corrected chi connectivity index (χ1v) is 11.7. The van der Waals surface area contributed by atoms with Crippen molar-refractivity contribution < 1.29 is 18.1 Å². The van der Waals surface area contributed by atoms with Gasteiger partial charge in [-0.3, -0.25) is 19.8 Å². The number of nitro groups is 1. The minimum Gasteiger partial charge on any atom is -0.324 e. The van der Waals surface area contributed by atoms with Gasteiger partial charge in [0.1, 0.15) is 11.1 Å². The lowest BCUT2D eigenvalue weighted by molar-refractivity contribution is -0.384. The summed E-state index contributed by atoms with van der Waals surface area (Å²) in [6, 6.07) is 12.5. The standard InChI is InChI=1S/C20H23ClN4O5S/c1-2-31(29,30)24-12-10-23(11-13-24)19(15-6-4-3-5-7-15)20(26)22-16-8-9-17(21)18(14-16)25(27)28/h3-9,14,19H,2,10-13H2,1H3,(H,22,26). The highest BCUT2D eigenvalue weighted by atomic mass is 35.5. The zero-order valence-corrected chi connectivity index (χ0v) is 18.5. The zero-order valence-electron chi connectivity index (χ0n) is 16.9. The van der Waals surface area contributed by atoms with Crippen molar-refractivity contribution in [1.82, 2.24) is 9.21 Å². The zero-order chi connectivity index (χ0) is 22.6. The van der Waals surface area contributed by atoms with Crippen molar-refractivity contribution in [2.24, 2.45) is 0 Å². The van der Waals surface area contributed by atoms with E-state index in [1.54, 1.807) is 6.92 Å². The molecular weight excluding hydrogens is 444 g/mol. The second-order valence-electron chi connectivity index (χ2n) is 7.06. The van der Waals surface area contributed by atoms with E-state index in [0.717, 1.165) is 5.56 Å². The van der Waals surface area contributed by atoms with Gasteiger partial charge in [0.15, 0.2) is 0 Å². The maximum absolute atomic E-state index is 13.2. The molecule has 1 saturated heterocycles. The summed E-state index contributed by atoms with van der Waals surface area (Å²) in [4.78, 5) is 25.7. The Bertz CT molecular complexity index is 1060. The third-order valence-corrected chi connectivity index (χ3v) is 7.37. The fourth-order valence-corrected chi connectivity index (χ4v) is 4.80. The van der Waals surface area contributed by atoms with E-state index in [-0.39, 0.29) is 28.1 Å². The predicted octanol–water partition coefficient (Wildman–Crippen LogP) is 2.90. The Morgan fingerprint density at radius 3 is 2.39 bits per heavy atom. The highest BCUT2D eigenvalue weighted by Crippen LogP contribution is 2.29. The highest BCUT2D eigenvalue weighted by molar-refractivity contribution is 7.89. The Morgan fingerprint density at radius 2 is 1.81 bits per heavy atom. The molecule has 166 valence electrons. The van der Waals surface area contributed by atoms with Gasteiger partial charge in [0, 0.05) is 37.9 Å². The van der Waals surface area contributed by atoms with Crippen LogP contribution in [0.15, 0.2) is 48.5 Å². The van der Waals surface area contributed by atoms with Gasteiger partial charge in [0.2, 0.25) is 15.9 Å². The Kier molecular flexibility index (Phi) is 7.26. The molecule has 1 atom stereocenters. The highest BCUT2D eigenvalue weighted by Gasteiger charge is 2.33. The summed E-state index contributed by atoms with van der Waals surface area (Å²) in [6.07, 6.45) is 0. The van der Waals surface area contributed by atoms with Gasteiger partial charge in [0.05, 0.1) is 10.7 Å². The predicted molar refractivity (Wildman–Crippen MR) is 119 cm³/mol. The van der Waals surface area contributed by atoms with Crippen LogP contribution >= 0.6 is 11.6 Å². The summed E-state index contributed by atoms with van der Waals surface area (Å²) >= 11 is 5.85. The van der Waals surface area contributed by atoms with E-state index in [0.29, 0.717) is 26.2 Å². The number of nitrogens with one attached hydrogen (secondary N) is 1. The van der Waals surface area contributed by atoms with E-state index in [2.05, 4.69) is 5.32 Å². The minimum atomic E-state index is -3.29. The molecule has 31 heavy (non-hydrogen) atoms. The van der Waals surface area contributed by atoms with E-state index in [1.165, 1.54) is 22.5 Å². The molecule has 1 fully saturated rings. The number of benzene rings is 2. The molecule has 0 radical (unpaired) electrons. The van der Waals surface area contributed by atoms with E-state index >= 15 is 0 Å². The van der Waals surface area contributed by atoms with Crippen LogP contribution in [0.5, 0.6) is 0 Å². The van der Waals surface area contributed by atoms with Crippen LogP contribution in [0, 0.1) is 10.1 Å². The summed E-state index contributed by atoms with van der Waals surface area (Å²) in [6.45, 7) is 2.95. The molecule has 0 aromatic heterocycles. The number of carbonyl (C=O) groups excluding carboxylic acids is 1. The molecule has 1 heterocycles. The van der Waals surface area contributed by atoms with Gasteiger partial charge in [0.25, 0.3) is 5.69 Å². The number of rotatable bonds is 7. The molecule has 0 spiro atoms. The topological polar surface area (TPSA) is 113 Å². The van der Waals surface area contributed by atoms with Crippen molar-refractivity contribution in [3.05, 3.63) is 69.2 Å². The second kappa shape index (κ2) is 9.73. The molecule has 3 rings (SSSR count). The minimum absolute atomic E-state index is 0.0177. The molecule has 1 aliphatic heterocycles. The number of sulfonamides is 1. The molecule has 2 aromatic carbocycles. The fourth-order valence-electron chi connectivity index (χ4n) is 3.53. The third kappa shape index (κ3) is 5.40. The lowest BCUT2D eigenvalue weighted by atomic mass is 10.0. The lowest BCUT2D eigenvalue weighted by Crippen LogP contribution is -2.51. The Balaban J connectivity index is 1.83. The quantitative estimate of drug-likeness (QED) is 0.496. The molecule has 1 unspecified atom stereocenters. The lowest BCUT2D eigenvalue weighted by Gasteiger charge is -2.38. The molecular formula is C20H23ClN4O5S. The van der Waals surface area contributed by atoms with Gasteiger partial charge in [-0.1, -0.05) is 41.9 Å². The van der Waals surface area contributed by atoms with E-state index in [9.17, 15) is 23.3 Å². The number of amides is 1. The van der Waals surface area contributed by atoms with E-state index in [1.807, 2.05) is 35.2 Å². The SMILES string of the molecule is CCS(=O)(=O)N1CCN(C(C(=O)Nc2ccc(Cl)c([N+](=O)[O-])c2)c2ccccc2)CC1. The number of hydrogen-bond donors (Lipinski definition) is 1. The molecule has 1 N–H and O–H groups in total. The smallest absolute Gasteiger partial charge is 0.289 e. The monoisotopic (exact) mass is 466 g/mol. The molecule has 1 amide bonds. The fraction of sp³-hybridized carbons (Fsp3) is 0.350. The number of carbonyl (C=O) groups is 1. The maximum Gasteiger partial charge on any atom is 0.289 e. The normalized spacial score (nSPS) is 16.6. The first kappa shape index (κ1) is 23.1. The maximum atomic E-state index is 13.2. The summed E-state index contributed by atoms with van der Waals surface area (Å²) < 4.78 is 25.7.